The molecule has 1 saturated heterocycles. The summed E-state index contributed by atoms with van der Waals surface area (Å²) in [6.07, 6.45) is 1.78. The Labute approximate surface area is 150 Å². The van der Waals surface area contributed by atoms with Crippen LogP contribution >= 0.6 is 0 Å². The smallest absolute Gasteiger partial charge is 0.251 e. The fourth-order valence-corrected chi connectivity index (χ4v) is 3.16. The van der Waals surface area contributed by atoms with Gasteiger partial charge in [0.05, 0.1) is 24.9 Å². The molecule has 2 aromatic heterocycles. The van der Waals surface area contributed by atoms with Crippen molar-refractivity contribution in [3.05, 3.63) is 53.9 Å². The van der Waals surface area contributed by atoms with Crippen LogP contribution < -0.4 is 5.32 Å². The molecule has 0 bridgehead atoms. The molecule has 8 nitrogen and oxygen atoms in total. The minimum Gasteiger partial charge on any atom is -0.379 e. The number of nitrogens with zero attached hydrogens (tertiary/aromatic N) is 4. The number of fused-ring (bicyclic) bond motifs is 1. The van der Waals surface area contributed by atoms with Gasteiger partial charge >= 0.3 is 0 Å². The molecule has 1 aliphatic heterocycles. The number of hydrogen-bond donors (Lipinski definition) is 2. The van der Waals surface area contributed by atoms with E-state index >= 15 is 0 Å². The van der Waals surface area contributed by atoms with Gasteiger partial charge in [0.25, 0.3) is 5.91 Å². The Bertz CT molecular complexity index is 876. The Morgan fingerprint density at radius 3 is 2.85 bits per heavy atom. The maximum atomic E-state index is 12.6. The van der Waals surface area contributed by atoms with Crippen LogP contribution in [0, 0.1) is 0 Å². The lowest BCUT2D eigenvalue weighted by Gasteiger charge is -2.34. The van der Waals surface area contributed by atoms with Gasteiger partial charge in [-0.15, -0.1) is 0 Å². The van der Waals surface area contributed by atoms with Crippen molar-refractivity contribution >= 4 is 16.9 Å². The molecule has 2 N–H and O–H groups in total. The molecule has 26 heavy (non-hydrogen) atoms. The molecule has 8 heteroatoms. The first-order valence-corrected chi connectivity index (χ1v) is 8.63. The van der Waals surface area contributed by atoms with Crippen molar-refractivity contribution in [1.82, 2.24) is 30.6 Å². The summed E-state index contributed by atoms with van der Waals surface area (Å²) < 4.78 is 5.45. The van der Waals surface area contributed by atoms with Crippen molar-refractivity contribution in [1.29, 1.82) is 0 Å². The molecule has 0 aliphatic carbocycles. The van der Waals surface area contributed by atoms with Crippen molar-refractivity contribution in [2.24, 2.45) is 0 Å². The van der Waals surface area contributed by atoms with Gasteiger partial charge in [0, 0.05) is 31.4 Å². The first kappa shape index (κ1) is 16.6. The zero-order valence-electron chi connectivity index (χ0n) is 14.3. The van der Waals surface area contributed by atoms with Crippen molar-refractivity contribution in [3.8, 4) is 0 Å². The molecule has 3 aromatic rings. The average Bonchev–Trinajstić information content (AvgIpc) is 3.17. The fourth-order valence-electron chi connectivity index (χ4n) is 3.16. The lowest BCUT2D eigenvalue weighted by atomic mass is 10.1. The quantitative estimate of drug-likeness (QED) is 0.715. The van der Waals surface area contributed by atoms with Crippen LogP contribution in [0.5, 0.6) is 0 Å². The Morgan fingerprint density at radius 2 is 2.04 bits per heavy atom. The number of pyridine rings is 1. The van der Waals surface area contributed by atoms with Crippen LogP contribution in [-0.4, -0.2) is 64.0 Å². The van der Waals surface area contributed by atoms with E-state index in [0.717, 1.165) is 24.3 Å². The van der Waals surface area contributed by atoms with E-state index in [1.54, 1.807) is 24.4 Å². The molecule has 4 rings (SSSR count). The second-order valence-electron chi connectivity index (χ2n) is 6.16. The van der Waals surface area contributed by atoms with Gasteiger partial charge in [0.2, 0.25) is 0 Å². The summed E-state index contributed by atoms with van der Waals surface area (Å²) >= 11 is 0. The molecule has 1 aliphatic rings. The van der Waals surface area contributed by atoms with Crippen LogP contribution in [0.4, 0.5) is 0 Å². The summed E-state index contributed by atoms with van der Waals surface area (Å²) in [7, 11) is 0. The number of aromatic amines is 1. The molecular weight excluding hydrogens is 332 g/mol. The van der Waals surface area contributed by atoms with E-state index in [9.17, 15) is 4.79 Å². The predicted octanol–water partition coefficient (Wildman–Crippen LogP) is 1.16. The van der Waals surface area contributed by atoms with Gasteiger partial charge in [0.15, 0.2) is 0 Å². The number of H-pyrrole nitrogens is 1. The second kappa shape index (κ2) is 7.59. The lowest BCUT2D eigenvalue weighted by Crippen LogP contribution is -2.44. The van der Waals surface area contributed by atoms with Gasteiger partial charge < -0.3 is 10.1 Å². The summed E-state index contributed by atoms with van der Waals surface area (Å²) in [6.45, 7) is 3.51. The number of carbonyl (C=O) groups is 1. The number of benzene rings is 1. The fraction of sp³-hybridized carbons (Fsp3) is 0.333. The van der Waals surface area contributed by atoms with Gasteiger partial charge in [-0.3, -0.25) is 14.7 Å². The number of amides is 1. The van der Waals surface area contributed by atoms with Crippen LogP contribution in [0.3, 0.4) is 0 Å². The van der Waals surface area contributed by atoms with Crippen LogP contribution in [0.25, 0.3) is 11.0 Å². The second-order valence-corrected chi connectivity index (χ2v) is 6.16. The Kier molecular flexibility index (Phi) is 4.85. The van der Waals surface area contributed by atoms with Crippen molar-refractivity contribution in [3.63, 3.8) is 0 Å². The highest BCUT2D eigenvalue weighted by atomic mass is 16.5. The summed E-state index contributed by atoms with van der Waals surface area (Å²) in [4.78, 5) is 19.4. The first-order chi connectivity index (χ1) is 12.8. The number of rotatable bonds is 5. The normalized spacial score (nSPS) is 16.5. The van der Waals surface area contributed by atoms with Gasteiger partial charge in [-0.1, -0.05) is 6.07 Å². The number of hydrogen-bond acceptors (Lipinski definition) is 6. The van der Waals surface area contributed by atoms with Crippen LogP contribution in [-0.2, 0) is 4.74 Å². The van der Waals surface area contributed by atoms with E-state index in [1.807, 2.05) is 18.2 Å². The Morgan fingerprint density at radius 1 is 1.19 bits per heavy atom. The maximum Gasteiger partial charge on any atom is 0.251 e. The molecule has 134 valence electrons. The monoisotopic (exact) mass is 352 g/mol. The molecule has 0 radical (unpaired) electrons. The summed E-state index contributed by atoms with van der Waals surface area (Å²) in [5, 5.41) is 13.6. The topological polar surface area (TPSA) is 96.0 Å². The molecule has 0 spiro atoms. The summed E-state index contributed by atoms with van der Waals surface area (Å²) in [5.74, 6) is -0.135. The third-order valence-corrected chi connectivity index (χ3v) is 4.55. The SMILES string of the molecule is O=C(NCC(c1ccccn1)N1CCOCC1)c1ccc2n[nH]nc2c1. The molecule has 1 unspecified atom stereocenters. The molecule has 1 fully saturated rings. The number of morpholine rings is 1. The Hall–Kier alpha value is -2.84. The molecule has 0 saturated carbocycles. The molecule has 3 heterocycles. The van der Waals surface area contributed by atoms with E-state index in [4.69, 9.17) is 4.74 Å². The van der Waals surface area contributed by atoms with Crippen molar-refractivity contribution in [2.75, 3.05) is 32.8 Å². The molecular formula is C18H20N6O2. The lowest BCUT2D eigenvalue weighted by molar-refractivity contribution is 0.0154. The van der Waals surface area contributed by atoms with Gasteiger partial charge in [0.1, 0.15) is 11.0 Å². The molecule has 1 aromatic carbocycles. The van der Waals surface area contributed by atoms with E-state index in [-0.39, 0.29) is 11.9 Å². The van der Waals surface area contributed by atoms with Crippen molar-refractivity contribution < 1.29 is 9.53 Å². The highest BCUT2D eigenvalue weighted by Gasteiger charge is 2.24. The third kappa shape index (κ3) is 3.56. The molecule has 1 amide bonds. The average molecular weight is 352 g/mol. The van der Waals surface area contributed by atoms with Gasteiger partial charge in [-0.05, 0) is 30.3 Å². The van der Waals surface area contributed by atoms with Gasteiger partial charge in [-0.25, -0.2) is 0 Å². The van der Waals surface area contributed by atoms with E-state index in [1.165, 1.54) is 0 Å². The minimum atomic E-state index is -0.135. The highest BCUT2D eigenvalue weighted by Crippen LogP contribution is 2.19. The summed E-state index contributed by atoms with van der Waals surface area (Å²) in [6, 6.07) is 11.1. The van der Waals surface area contributed by atoms with E-state index in [2.05, 4.69) is 30.6 Å². The minimum absolute atomic E-state index is 0.0137. The maximum absolute atomic E-state index is 12.6. The number of nitrogens with one attached hydrogen (secondary N) is 2. The zero-order chi connectivity index (χ0) is 17.8. The van der Waals surface area contributed by atoms with Crippen LogP contribution in [0.2, 0.25) is 0 Å². The standard InChI is InChI=1S/C18H20N6O2/c25-18(13-4-5-14-16(11-13)22-23-21-14)20-12-17(15-3-1-2-6-19-15)24-7-9-26-10-8-24/h1-6,11,17H,7-10,12H2,(H,20,25)(H,21,22,23). The van der Waals surface area contributed by atoms with Crippen molar-refractivity contribution in [2.45, 2.75) is 6.04 Å². The summed E-state index contributed by atoms with van der Waals surface area (Å²) in [5.41, 5.74) is 2.92. The number of aromatic nitrogens is 4. The van der Waals surface area contributed by atoms with Crippen LogP contribution in [0.15, 0.2) is 42.6 Å². The van der Waals surface area contributed by atoms with Gasteiger partial charge in [-0.2, -0.15) is 15.4 Å². The molecule has 1 atom stereocenters. The first-order valence-electron chi connectivity index (χ1n) is 8.63. The van der Waals surface area contributed by atoms with Crippen LogP contribution in [0.1, 0.15) is 22.1 Å². The third-order valence-electron chi connectivity index (χ3n) is 4.55. The predicted molar refractivity (Wildman–Crippen MR) is 95.6 cm³/mol. The zero-order valence-corrected chi connectivity index (χ0v) is 14.3. The van der Waals surface area contributed by atoms with E-state index in [0.29, 0.717) is 30.8 Å². The van der Waals surface area contributed by atoms with E-state index < -0.39 is 0 Å². The highest BCUT2D eigenvalue weighted by molar-refractivity contribution is 5.97. The number of ether oxygens (including phenoxy) is 1. The number of carbonyl (C=O) groups excluding carboxylic acids is 1. The Balaban J connectivity index is 1.49. The largest absolute Gasteiger partial charge is 0.379 e.